The quantitative estimate of drug-likeness (QED) is 0.534. The van der Waals surface area contributed by atoms with E-state index in [2.05, 4.69) is 43.3 Å². The molecule has 1 rings (SSSR count). The molecule has 0 saturated carbocycles. The zero-order valence-electron chi connectivity index (χ0n) is 9.74. The molecule has 0 aliphatic carbocycles. The van der Waals surface area contributed by atoms with Crippen molar-refractivity contribution in [2.24, 2.45) is 11.8 Å². The van der Waals surface area contributed by atoms with Crippen LogP contribution in [0.25, 0.3) is 0 Å². The molecule has 14 heavy (non-hydrogen) atoms. The van der Waals surface area contributed by atoms with Crippen LogP contribution in [0.15, 0.2) is 0 Å². The summed E-state index contributed by atoms with van der Waals surface area (Å²) in [6.07, 6.45) is 1.34. The molecule has 0 N–H and O–H groups in total. The van der Waals surface area contributed by atoms with Crippen LogP contribution in [0.4, 0.5) is 0 Å². The topological polar surface area (TPSA) is 6.48 Å². The Balaban J connectivity index is 2.00. The van der Waals surface area contributed by atoms with Crippen LogP contribution in [-0.4, -0.2) is 48.9 Å². The van der Waals surface area contributed by atoms with Crippen molar-refractivity contribution in [3.63, 3.8) is 0 Å². The Bertz CT molecular complexity index is 155. The summed E-state index contributed by atoms with van der Waals surface area (Å²) in [4.78, 5) is 4.85. The Morgan fingerprint density at radius 3 is 2.57 bits per heavy atom. The smallest absolute Gasteiger partial charge is 0.0411 e. The molecule has 0 unspecified atom stereocenters. The molecule has 0 spiro atoms. The van der Waals surface area contributed by atoms with Crippen LogP contribution >= 0.6 is 12.6 Å². The predicted octanol–water partition coefficient (Wildman–Crippen LogP) is 1.78. The molecule has 0 radical (unpaired) electrons. The predicted molar refractivity (Wildman–Crippen MR) is 65.9 cm³/mol. The Morgan fingerprint density at radius 2 is 2.07 bits per heavy atom. The van der Waals surface area contributed by atoms with Gasteiger partial charge in [0.05, 0.1) is 0 Å². The van der Waals surface area contributed by atoms with Crippen molar-refractivity contribution in [3.8, 4) is 0 Å². The maximum Gasteiger partial charge on any atom is 0.0411 e. The Labute approximate surface area is 94.1 Å². The Hall–Kier alpha value is 0.270. The van der Waals surface area contributed by atoms with E-state index >= 15 is 0 Å². The van der Waals surface area contributed by atoms with Gasteiger partial charge in [0.15, 0.2) is 0 Å². The van der Waals surface area contributed by atoms with Gasteiger partial charge in [0, 0.05) is 25.5 Å². The van der Waals surface area contributed by atoms with Crippen molar-refractivity contribution < 1.29 is 0 Å². The summed E-state index contributed by atoms with van der Waals surface area (Å²) in [7, 11) is 2.14. The average molecular weight is 216 g/mol. The van der Waals surface area contributed by atoms with Crippen molar-refractivity contribution in [2.75, 3.05) is 39.1 Å². The van der Waals surface area contributed by atoms with Gasteiger partial charge >= 0.3 is 0 Å². The largest absolute Gasteiger partial charge is 0.303 e. The molecule has 1 fully saturated rings. The minimum Gasteiger partial charge on any atom is -0.303 e. The van der Waals surface area contributed by atoms with Crippen LogP contribution in [0.2, 0.25) is 0 Å². The normalized spacial score (nSPS) is 19.3. The van der Waals surface area contributed by atoms with Crippen molar-refractivity contribution in [1.29, 1.82) is 0 Å². The van der Waals surface area contributed by atoms with Gasteiger partial charge in [-0.3, -0.25) is 4.90 Å². The molecule has 0 aromatic carbocycles. The number of nitrogens with zero attached hydrogens (tertiary/aromatic N) is 2. The maximum atomic E-state index is 4.26. The Kier molecular flexibility index (Phi) is 5.28. The van der Waals surface area contributed by atoms with Gasteiger partial charge in [0.25, 0.3) is 0 Å². The first kappa shape index (κ1) is 12.3. The molecule has 0 bridgehead atoms. The molecule has 84 valence electrons. The molecular formula is C11H24N2S. The van der Waals surface area contributed by atoms with E-state index in [0.717, 1.165) is 17.7 Å². The lowest BCUT2D eigenvalue weighted by Gasteiger charge is -2.41. The van der Waals surface area contributed by atoms with E-state index < -0.39 is 0 Å². The molecule has 1 aliphatic heterocycles. The lowest BCUT2D eigenvalue weighted by molar-refractivity contribution is 0.0745. The number of thiol groups is 1. The van der Waals surface area contributed by atoms with Crippen LogP contribution in [-0.2, 0) is 0 Å². The molecule has 0 aromatic rings. The van der Waals surface area contributed by atoms with Gasteiger partial charge in [-0.1, -0.05) is 13.8 Å². The van der Waals surface area contributed by atoms with Crippen LogP contribution in [0.5, 0.6) is 0 Å². The first-order chi connectivity index (χ1) is 6.61. The van der Waals surface area contributed by atoms with E-state index in [1.165, 1.54) is 32.6 Å². The van der Waals surface area contributed by atoms with Crippen LogP contribution in [0.3, 0.4) is 0 Å². The number of hydrogen-bond acceptors (Lipinski definition) is 3. The van der Waals surface area contributed by atoms with Crippen molar-refractivity contribution >= 4 is 12.6 Å². The van der Waals surface area contributed by atoms with E-state index in [-0.39, 0.29) is 0 Å². The Morgan fingerprint density at radius 1 is 1.43 bits per heavy atom. The van der Waals surface area contributed by atoms with Gasteiger partial charge in [0.2, 0.25) is 0 Å². The molecule has 2 nitrogen and oxygen atoms in total. The minimum atomic E-state index is 0.842. The minimum absolute atomic E-state index is 0.842. The van der Waals surface area contributed by atoms with Gasteiger partial charge in [-0.25, -0.2) is 0 Å². The molecule has 1 aliphatic rings. The van der Waals surface area contributed by atoms with E-state index in [0.29, 0.717) is 0 Å². The summed E-state index contributed by atoms with van der Waals surface area (Å²) in [5.41, 5.74) is 0. The third kappa shape index (κ3) is 4.20. The van der Waals surface area contributed by atoms with Gasteiger partial charge in [-0.15, -0.1) is 0 Å². The molecule has 0 aromatic heterocycles. The van der Waals surface area contributed by atoms with Crippen molar-refractivity contribution in [1.82, 2.24) is 9.80 Å². The van der Waals surface area contributed by atoms with E-state index in [1.54, 1.807) is 0 Å². The number of rotatable bonds is 6. The highest BCUT2D eigenvalue weighted by Crippen LogP contribution is 2.17. The maximum absolute atomic E-state index is 4.26. The summed E-state index contributed by atoms with van der Waals surface area (Å²) in [6.45, 7) is 9.69. The van der Waals surface area contributed by atoms with Crippen molar-refractivity contribution in [3.05, 3.63) is 0 Å². The lowest BCUT2D eigenvalue weighted by atomic mass is 9.98. The lowest BCUT2D eigenvalue weighted by Crippen LogP contribution is -2.51. The second-order valence-corrected chi connectivity index (χ2v) is 5.27. The highest BCUT2D eigenvalue weighted by molar-refractivity contribution is 7.80. The summed E-state index contributed by atoms with van der Waals surface area (Å²) in [5.74, 6) is 2.61. The molecule has 1 saturated heterocycles. The van der Waals surface area contributed by atoms with Crippen LogP contribution in [0, 0.1) is 11.8 Å². The summed E-state index contributed by atoms with van der Waals surface area (Å²) >= 11 is 4.26. The summed E-state index contributed by atoms with van der Waals surface area (Å²) in [6, 6.07) is 0. The fourth-order valence-corrected chi connectivity index (χ4v) is 2.03. The fraction of sp³-hybridized carbons (Fsp3) is 1.00. The summed E-state index contributed by atoms with van der Waals surface area (Å²) in [5, 5.41) is 0. The highest BCUT2D eigenvalue weighted by Gasteiger charge is 2.26. The van der Waals surface area contributed by atoms with Gasteiger partial charge in [0.1, 0.15) is 0 Å². The summed E-state index contributed by atoms with van der Waals surface area (Å²) < 4.78 is 0. The van der Waals surface area contributed by atoms with E-state index in [4.69, 9.17) is 0 Å². The SMILES string of the molecule is CC(C)CCN1CC(CN(C)CS)C1. The van der Waals surface area contributed by atoms with Crippen LogP contribution in [0.1, 0.15) is 20.3 Å². The second-order valence-electron chi connectivity index (χ2n) is 4.99. The zero-order chi connectivity index (χ0) is 10.6. The molecule has 0 atom stereocenters. The van der Waals surface area contributed by atoms with Gasteiger partial charge in [-0.2, -0.15) is 12.6 Å². The van der Waals surface area contributed by atoms with E-state index in [9.17, 15) is 0 Å². The van der Waals surface area contributed by atoms with Crippen molar-refractivity contribution in [2.45, 2.75) is 20.3 Å². The van der Waals surface area contributed by atoms with Gasteiger partial charge in [-0.05, 0) is 31.8 Å². The van der Waals surface area contributed by atoms with E-state index in [1.807, 2.05) is 0 Å². The zero-order valence-corrected chi connectivity index (χ0v) is 10.6. The average Bonchev–Trinajstić information content (AvgIpc) is 2.07. The number of hydrogen-bond donors (Lipinski definition) is 1. The second kappa shape index (κ2) is 5.99. The molecule has 1 heterocycles. The molecular weight excluding hydrogens is 192 g/mol. The molecule has 3 heteroatoms. The third-order valence-electron chi connectivity index (χ3n) is 2.87. The highest BCUT2D eigenvalue weighted by atomic mass is 32.1. The standard InChI is InChI=1S/C11H24N2S/c1-10(2)4-5-13-7-11(8-13)6-12(3)9-14/h10-11,14H,4-9H2,1-3H3. The van der Waals surface area contributed by atoms with Gasteiger partial charge < -0.3 is 4.90 Å². The van der Waals surface area contributed by atoms with Crippen LogP contribution < -0.4 is 0 Å². The first-order valence-electron chi connectivity index (χ1n) is 5.63. The number of likely N-dealkylation sites (tertiary alicyclic amines) is 1. The molecule has 0 amide bonds. The monoisotopic (exact) mass is 216 g/mol. The third-order valence-corrected chi connectivity index (χ3v) is 3.35. The fourth-order valence-electron chi connectivity index (χ4n) is 1.91. The first-order valence-corrected chi connectivity index (χ1v) is 6.26.